The van der Waals surface area contributed by atoms with Crippen molar-refractivity contribution in [2.24, 2.45) is 0 Å². The second-order valence-electron chi connectivity index (χ2n) is 3.15. The Bertz CT molecular complexity index is 336. The Labute approximate surface area is 97.6 Å². The first kappa shape index (κ1) is 11.7. The standard InChI is InChI=1S/C11H12BrClO/c1-8-6-9(7-12)2-3-10(8)11(14)4-5-13/h2-3,6H,4-5,7H2,1H3. The Balaban J connectivity index is 2.94. The molecule has 0 aromatic heterocycles. The van der Waals surface area contributed by atoms with E-state index in [4.69, 9.17) is 11.6 Å². The van der Waals surface area contributed by atoms with Crippen molar-refractivity contribution in [3.8, 4) is 0 Å². The van der Waals surface area contributed by atoms with Gasteiger partial charge in [-0.05, 0) is 18.1 Å². The van der Waals surface area contributed by atoms with Gasteiger partial charge in [-0.3, -0.25) is 4.79 Å². The summed E-state index contributed by atoms with van der Waals surface area (Å²) in [5.74, 6) is 0.511. The molecule has 0 amide bonds. The molecule has 0 spiro atoms. The van der Waals surface area contributed by atoms with Crippen LogP contribution in [0.4, 0.5) is 0 Å². The van der Waals surface area contributed by atoms with E-state index in [1.807, 2.05) is 25.1 Å². The van der Waals surface area contributed by atoms with Crippen LogP contribution in [0.25, 0.3) is 0 Å². The van der Waals surface area contributed by atoms with E-state index in [2.05, 4.69) is 15.9 Å². The van der Waals surface area contributed by atoms with Crippen molar-refractivity contribution in [2.45, 2.75) is 18.7 Å². The molecule has 0 bridgehead atoms. The third-order valence-electron chi connectivity index (χ3n) is 2.07. The second-order valence-corrected chi connectivity index (χ2v) is 4.08. The van der Waals surface area contributed by atoms with Crippen molar-refractivity contribution in [3.63, 3.8) is 0 Å². The lowest BCUT2D eigenvalue weighted by atomic mass is 10.0. The van der Waals surface area contributed by atoms with E-state index in [1.54, 1.807) is 0 Å². The van der Waals surface area contributed by atoms with Crippen molar-refractivity contribution in [1.29, 1.82) is 0 Å². The monoisotopic (exact) mass is 274 g/mol. The number of alkyl halides is 2. The molecule has 0 saturated heterocycles. The minimum atomic E-state index is 0.124. The van der Waals surface area contributed by atoms with Gasteiger partial charge < -0.3 is 0 Å². The predicted molar refractivity (Wildman–Crippen MR) is 63.5 cm³/mol. The molecule has 0 saturated carbocycles. The third kappa shape index (κ3) is 2.82. The maximum Gasteiger partial charge on any atom is 0.164 e. The Kier molecular flexibility index (Phi) is 4.63. The number of rotatable bonds is 4. The highest BCUT2D eigenvalue weighted by Crippen LogP contribution is 2.15. The van der Waals surface area contributed by atoms with E-state index >= 15 is 0 Å². The number of benzene rings is 1. The average molecular weight is 276 g/mol. The minimum absolute atomic E-state index is 0.124. The summed E-state index contributed by atoms with van der Waals surface area (Å²) >= 11 is 8.91. The van der Waals surface area contributed by atoms with Crippen LogP contribution in [0.1, 0.15) is 27.9 Å². The molecule has 0 fully saturated rings. The number of halogens is 2. The normalized spacial score (nSPS) is 10.2. The van der Waals surface area contributed by atoms with Gasteiger partial charge in [0.05, 0.1) is 0 Å². The van der Waals surface area contributed by atoms with Crippen molar-refractivity contribution >= 4 is 33.3 Å². The Hall–Kier alpha value is -0.340. The predicted octanol–water partition coefficient (Wildman–Crippen LogP) is 3.70. The summed E-state index contributed by atoms with van der Waals surface area (Å²) in [5.41, 5.74) is 3.00. The molecule has 0 heterocycles. The highest BCUT2D eigenvalue weighted by molar-refractivity contribution is 9.08. The lowest BCUT2D eigenvalue weighted by Gasteiger charge is -2.05. The maximum absolute atomic E-state index is 11.6. The number of hydrogen-bond acceptors (Lipinski definition) is 1. The molecule has 3 heteroatoms. The van der Waals surface area contributed by atoms with Crippen molar-refractivity contribution in [3.05, 3.63) is 34.9 Å². The molecular formula is C11H12BrClO. The number of ketones is 1. The summed E-state index contributed by atoms with van der Waals surface area (Å²) in [6, 6.07) is 5.86. The molecule has 1 aromatic carbocycles. The van der Waals surface area contributed by atoms with Gasteiger partial charge in [0.1, 0.15) is 0 Å². The third-order valence-corrected chi connectivity index (χ3v) is 2.90. The largest absolute Gasteiger partial charge is 0.294 e. The average Bonchev–Trinajstić information content (AvgIpc) is 2.17. The molecule has 1 rings (SSSR count). The molecule has 0 atom stereocenters. The molecule has 0 aliphatic rings. The minimum Gasteiger partial charge on any atom is -0.294 e. The van der Waals surface area contributed by atoms with Crippen molar-refractivity contribution in [2.75, 3.05) is 5.88 Å². The van der Waals surface area contributed by atoms with Crippen LogP contribution in [-0.4, -0.2) is 11.7 Å². The van der Waals surface area contributed by atoms with Crippen LogP contribution in [0, 0.1) is 6.92 Å². The summed E-state index contributed by atoms with van der Waals surface area (Å²) in [4.78, 5) is 11.6. The van der Waals surface area contributed by atoms with Crippen LogP contribution >= 0.6 is 27.5 Å². The van der Waals surface area contributed by atoms with E-state index in [1.165, 1.54) is 5.56 Å². The highest BCUT2D eigenvalue weighted by Gasteiger charge is 2.08. The van der Waals surface area contributed by atoms with Gasteiger partial charge >= 0.3 is 0 Å². The molecule has 0 aliphatic heterocycles. The molecule has 0 unspecified atom stereocenters. The molecule has 0 aliphatic carbocycles. The number of aryl methyl sites for hydroxylation is 1. The first-order valence-corrected chi connectivity index (χ1v) is 6.09. The zero-order chi connectivity index (χ0) is 10.6. The zero-order valence-electron chi connectivity index (χ0n) is 8.02. The van der Waals surface area contributed by atoms with Crippen LogP contribution in [0.2, 0.25) is 0 Å². The summed E-state index contributed by atoms with van der Waals surface area (Å²) in [6.07, 6.45) is 0.413. The molecule has 0 radical (unpaired) electrons. The van der Waals surface area contributed by atoms with Crippen LogP contribution < -0.4 is 0 Å². The summed E-state index contributed by atoms with van der Waals surface area (Å²) in [6.45, 7) is 1.95. The van der Waals surface area contributed by atoms with Gasteiger partial charge in [0.15, 0.2) is 5.78 Å². The van der Waals surface area contributed by atoms with E-state index in [0.717, 1.165) is 16.5 Å². The van der Waals surface area contributed by atoms with Gasteiger partial charge in [0.2, 0.25) is 0 Å². The highest BCUT2D eigenvalue weighted by atomic mass is 79.9. The maximum atomic E-state index is 11.6. The number of carbonyl (C=O) groups is 1. The van der Waals surface area contributed by atoms with Crippen molar-refractivity contribution in [1.82, 2.24) is 0 Å². The molecule has 0 N–H and O–H groups in total. The van der Waals surface area contributed by atoms with Gasteiger partial charge in [0, 0.05) is 23.2 Å². The molecule has 14 heavy (non-hydrogen) atoms. The van der Waals surface area contributed by atoms with E-state index in [0.29, 0.717) is 12.3 Å². The fourth-order valence-corrected chi connectivity index (χ4v) is 1.86. The smallest absolute Gasteiger partial charge is 0.164 e. The van der Waals surface area contributed by atoms with Crippen LogP contribution in [0.5, 0.6) is 0 Å². The first-order valence-electron chi connectivity index (χ1n) is 4.43. The second kappa shape index (κ2) is 5.52. The van der Waals surface area contributed by atoms with Gasteiger partial charge in [-0.1, -0.05) is 34.1 Å². The number of Topliss-reactive ketones (excluding diaryl/α,β-unsaturated/α-hetero) is 1. The number of carbonyl (C=O) groups excluding carboxylic acids is 1. The zero-order valence-corrected chi connectivity index (χ0v) is 10.4. The Morgan fingerprint density at radius 2 is 2.21 bits per heavy atom. The molecule has 1 aromatic rings. The Morgan fingerprint density at radius 3 is 2.71 bits per heavy atom. The topological polar surface area (TPSA) is 17.1 Å². The first-order chi connectivity index (χ1) is 6.69. The van der Waals surface area contributed by atoms with Gasteiger partial charge in [-0.2, -0.15) is 0 Å². The quantitative estimate of drug-likeness (QED) is 0.605. The van der Waals surface area contributed by atoms with Gasteiger partial charge in [-0.15, -0.1) is 11.6 Å². The molecule has 1 nitrogen and oxygen atoms in total. The van der Waals surface area contributed by atoms with Crippen molar-refractivity contribution < 1.29 is 4.79 Å². The molecule has 76 valence electrons. The van der Waals surface area contributed by atoms with E-state index in [9.17, 15) is 4.79 Å². The lowest BCUT2D eigenvalue weighted by molar-refractivity contribution is 0.0988. The summed E-state index contributed by atoms with van der Waals surface area (Å²) < 4.78 is 0. The molecular weight excluding hydrogens is 263 g/mol. The van der Waals surface area contributed by atoms with Gasteiger partial charge in [-0.25, -0.2) is 0 Å². The lowest BCUT2D eigenvalue weighted by Crippen LogP contribution is -2.02. The van der Waals surface area contributed by atoms with Gasteiger partial charge in [0.25, 0.3) is 0 Å². The SMILES string of the molecule is Cc1cc(CBr)ccc1C(=O)CCCl. The number of hydrogen-bond donors (Lipinski definition) is 0. The summed E-state index contributed by atoms with van der Waals surface area (Å²) in [7, 11) is 0. The van der Waals surface area contributed by atoms with Crippen LogP contribution in [-0.2, 0) is 5.33 Å². The summed E-state index contributed by atoms with van der Waals surface area (Å²) in [5, 5.41) is 0.817. The van der Waals surface area contributed by atoms with Crippen LogP contribution in [0.3, 0.4) is 0 Å². The van der Waals surface area contributed by atoms with E-state index in [-0.39, 0.29) is 5.78 Å². The van der Waals surface area contributed by atoms with Crippen LogP contribution in [0.15, 0.2) is 18.2 Å². The van der Waals surface area contributed by atoms with E-state index < -0.39 is 0 Å². The fraction of sp³-hybridized carbons (Fsp3) is 0.364. The fourth-order valence-electron chi connectivity index (χ4n) is 1.34. The Morgan fingerprint density at radius 1 is 1.50 bits per heavy atom.